The van der Waals surface area contributed by atoms with Crippen LogP contribution in [0.3, 0.4) is 0 Å². The molecule has 3 rings (SSSR count). The molecule has 1 aromatic heterocycles. The Balaban J connectivity index is 1.43. The summed E-state index contributed by atoms with van der Waals surface area (Å²) in [5.74, 6) is -0.493. The van der Waals surface area contributed by atoms with Gasteiger partial charge < -0.3 is 20.4 Å². The fourth-order valence-electron chi connectivity index (χ4n) is 3.03. The van der Waals surface area contributed by atoms with Gasteiger partial charge in [-0.3, -0.25) is 14.4 Å². The molecule has 1 aliphatic heterocycles. The molecule has 0 bridgehead atoms. The van der Waals surface area contributed by atoms with Gasteiger partial charge in [0.15, 0.2) is 0 Å². The molecule has 1 saturated heterocycles. The molecule has 154 valence electrons. The molecule has 0 aliphatic carbocycles. The molecule has 0 radical (unpaired) electrons. The average molecular weight is 435 g/mol. The van der Waals surface area contributed by atoms with Gasteiger partial charge in [0.05, 0.1) is 18.0 Å². The molecule has 1 aliphatic rings. The van der Waals surface area contributed by atoms with Crippen molar-refractivity contribution in [2.24, 2.45) is 0 Å². The van der Waals surface area contributed by atoms with Crippen molar-refractivity contribution in [3.05, 3.63) is 51.2 Å². The summed E-state index contributed by atoms with van der Waals surface area (Å²) in [5, 5.41) is 6.08. The number of nitrogens with zero attached hydrogens (tertiary/aromatic N) is 2. The maximum Gasteiger partial charge on any atom is 0.261 e. The lowest BCUT2D eigenvalue weighted by atomic mass is 10.2. The van der Waals surface area contributed by atoms with E-state index in [2.05, 4.69) is 15.5 Å². The summed E-state index contributed by atoms with van der Waals surface area (Å²) >= 11 is 7.23. The van der Waals surface area contributed by atoms with Crippen LogP contribution in [0.5, 0.6) is 0 Å². The Morgan fingerprint density at radius 2 is 1.69 bits per heavy atom. The van der Waals surface area contributed by atoms with Crippen LogP contribution in [0.4, 0.5) is 5.69 Å². The van der Waals surface area contributed by atoms with E-state index in [9.17, 15) is 14.4 Å². The van der Waals surface area contributed by atoms with E-state index in [1.165, 1.54) is 18.3 Å². The van der Waals surface area contributed by atoms with Gasteiger partial charge in [-0.2, -0.15) is 0 Å². The molecule has 0 unspecified atom stereocenters. The van der Waals surface area contributed by atoms with Crippen LogP contribution in [0.2, 0.25) is 5.02 Å². The Hall–Kier alpha value is -2.58. The minimum atomic E-state index is -0.280. The zero-order chi connectivity index (χ0) is 20.8. The van der Waals surface area contributed by atoms with Crippen LogP contribution in [0.15, 0.2) is 36.4 Å². The lowest BCUT2D eigenvalue weighted by Crippen LogP contribution is -2.51. The fraction of sp³-hybridized carbons (Fsp3) is 0.350. The number of anilines is 1. The highest BCUT2D eigenvalue weighted by Crippen LogP contribution is 2.19. The molecule has 2 aromatic rings. The normalized spacial score (nSPS) is 13.9. The standard InChI is InChI=1S/C20H23ClN4O3S/c1-14(26)22-12-17-6-7-18(29-17)20(28)23-13-19(27)25-10-8-24(9-11-25)16-4-2-15(21)3-5-16/h2-7H,8-13H2,1H3,(H,22,26)(H,23,28). The van der Waals surface area contributed by atoms with E-state index in [1.54, 1.807) is 17.0 Å². The maximum absolute atomic E-state index is 12.4. The number of nitrogens with one attached hydrogen (secondary N) is 2. The zero-order valence-electron chi connectivity index (χ0n) is 16.1. The van der Waals surface area contributed by atoms with E-state index in [1.807, 2.05) is 24.3 Å². The van der Waals surface area contributed by atoms with E-state index >= 15 is 0 Å². The quantitative estimate of drug-likeness (QED) is 0.729. The van der Waals surface area contributed by atoms with Gasteiger partial charge in [0.25, 0.3) is 5.91 Å². The number of amides is 3. The Morgan fingerprint density at radius 3 is 2.34 bits per heavy atom. The van der Waals surface area contributed by atoms with E-state index in [0.717, 1.165) is 23.7 Å². The Morgan fingerprint density at radius 1 is 1.00 bits per heavy atom. The molecule has 29 heavy (non-hydrogen) atoms. The second kappa shape index (κ2) is 9.76. The van der Waals surface area contributed by atoms with E-state index in [-0.39, 0.29) is 24.3 Å². The largest absolute Gasteiger partial charge is 0.368 e. The number of halogens is 1. The summed E-state index contributed by atoms with van der Waals surface area (Å²) in [4.78, 5) is 41.0. The smallest absolute Gasteiger partial charge is 0.261 e. The first-order valence-corrected chi connectivity index (χ1v) is 10.5. The lowest BCUT2D eigenvalue weighted by Gasteiger charge is -2.36. The average Bonchev–Trinajstić information content (AvgIpc) is 3.20. The maximum atomic E-state index is 12.4. The molecule has 0 saturated carbocycles. The molecule has 9 heteroatoms. The van der Waals surface area contributed by atoms with Crippen molar-refractivity contribution in [3.63, 3.8) is 0 Å². The third kappa shape index (κ3) is 5.95. The minimum Gasteiger partial charge on any atom is -0.368 e. The molecular formula is C20H23ClN4O3S. The number of thiophene rings is 1. The summed E-state index contributed by atoms with van der Waals surface area (Å²) in [6, 6.07) is 11.2. The number of rotatable bonds is 6. The summed E-state index contributed by atoms with van der Waals surface area (Å²) in [6.07, 6.45) is 0. The first-order valence-electron chi connectivity index (χ1n) is 9.32. The molecule has 2 N–H and O–H groups in total. The van der Waals surface area contributed by atoms with Gasteiger partial charge in [0, 0.05) is 48.7 Å². The third-order valence-corrected chi connectivity index (χ3v) is 5.96. The van der Waals surface area contributed by atoms with Gasteiger partial charge in [0.2, 0.25) is 11.8 Å². The number of benzene rings is 1. The Labute approximate surface area is 178 Å². The van der Waals surface area contributed by atoms with Gasteiger partial charge in [-0.25, -0.2) is 0 Å². The Bertz CT molecular complexity index is 876. The molecule has 3 amide bonds. The van der Waals surface area contributed by atoms with Crippen molar-refractivity contribution >= 4 is 46.3 Å². The van der Waals surface area contributed by atoms with Gasteiger partial charge in [-0.15, -0.1) is 11.3 Å². The van der Waals surface area contributed by atoms with Crippen molar-refractivity contribution in [3.8, 4) is 0 Å². The summed E-state index contributed by atoms with van der Waals surface area (Å²) < 4.78 is 0. The third-order valence-electron chi connectivity index (χ3n) is 4.62. The highest BCUT2D eigenvalue weighted by molar-refractivity contribution is 7.14. The predicted molar refractivity (Wildman–Crippen MR) is 114 cm³/mol. The second-order valence-corrected chi connectivity index (χ2v) is 8.31. The summed E-state index contributed by atoms with van der Waals surface area (Å²) in [6.45, 7) is 4.50. The van der Waals surface area contributed by atoms with Crippen LogP contribution in [-0.2, 0) is 16.1 Å². The molecule has 7 nitrogen and oxygen atoms in total. The topological polar surface area (TPSA) is 81.8 Å². The molecule has 0 spiro atoms. The van der Waals surface area contributed by atoms with Gasteiger partial charge >= 0.3 is 0 Å². The lowest BCUT2D eigenvalue weighted by molar-refractivity contribution is -0.130. The molecule has 1 fully saturated rings. The van der Waals surface area contributed by atoms with Crippen LogP contribution in [0, 0.1) is 0 Å². The van der Waals surface area contributed by atoms with Crippen LogP contribution in [-0.4, -0.2) is 55.3 Å². The second-order valence-electron chi connectivity index (χ2n) is 6.70. The molecule has 0 atom stereocenters. The van der Waals surface area contributed by atoms with Gasteiger partial charge in [0.1, 0.15) is 0 Å². The van der Waals surface area contributed by atoms with Gasteiger partial charge in [-0.1, -0.05) is 11.6 Å². The monoisotopic (exact) mass is 434 g/mol. The predicted octanol–water partition coefficient (Wildman–Crippen LogP) is 2.12. The van der Waals surface area contributed by atoms with Crippen LogP contribution in [0.1, 0.15) is 21.5 Å². The summed E-state index contributed by atoms with van der Waals surface area (Å²) in [5.41, 5.74) is 1.09. The first kappa shape index (κ1) is 21.1. The number of hydrogen-bond donors (Lipinski definition) is 2. The zero-order valence-corrected chi connectivity index (χ0v) is 17.7. The summed E-state index contributed by atoms with van der Waals surface area (Å²) in [7, 11) is 0. The van der Waals surface area contributed by atoms with E-state index < -0.39 is 0 Å². The number of hydrogen-bond acceptors (Lipinski definition) is 5. The number of carbonyl (C=O) groups excluding carboxylic acids is 3. The van der Waals surface area contributed by atoms with Gasteiger partial charge in [-0.05, 0) is 36.4 Å². The molecular weight excluding hydrogens is 412 g/mol. The van der Waals surface area contributed by atoms with Crippen LogP contribution < -0.4 is 15.5 Å². The fourth-order valence-corrected chi connectivity index (χ4v) is 4.02. The minimum absolute atomic E-state index is 0.0291. The molecule has 2 heterocycles. The van der Waals surface area contributed by atoms with Crippen molar-refractivity contribution in [2.75, 3.05) is 37.6 Å². The Kier molecular flexibility index (Phi) is 7.11. The number of carbonyl (C=O) groups is 3. The molecule has 1 aromatic carbocycles. The number of piperazine rings is 1. The SMILES string of the molecule is CC(=O)NCc1ccc(C(=O)NCC(=O)N2CCN(c3ccc(Cl)cc3)CC2)s1. The van der Waals surface area contributed by atoms with E-state index in [0.29, 0.717) is 29.5 Å². The van der Waals surface area contributed by atoms with Crippen molar-refractivity contribution < 1.29 is 14.4 Å². The van der Waals surface area contributed by atoms with Crippen molar-refractivity contribution in [1.29, 1.82) is 0 Å². The first-order chi connectivity index (χ1) is 13.9. The highest BCUT2D eigenvalue weighted by atomic mass is 35.5. The highest BCUT2D eigenvalue weighted by Gasteiger charge is 2.22. The van der Waals surface area contributed by atoms with Crippen molar-refractivity contribution in [1.82, 2.24) is 15.5 Å². The van der Waals surface area contributed by atoms with Crippen molar-refractivity contribution in [2.45, 2.75) is 13.5 Å². The van der Waals surface area contributed by atoms with Crippen LogP contribution >= 0.6 is 22.9 Å². The van der Waals surface area contributed by atoms with Crippen LogP contribution in [0.25, 0.3) is 0 Å². The van der Waals surface area contributed by atoms with E-state index in [4.69, 9.17) is 11.6 Å².